The lowest BCUT2D eigenvalue weighted by molar-refractivity contribution is 0.00932. The first-order valence-corrected chi connectivity index (χ1v) is 7.57. The molecule has 0 spiro atoms. The Morgan fingerprint density at radius 1 is 1.65 bits per heavy atom. The van der Waals surface area contributed by atoms with Gasteiger partial charge in [0, 0.05) is 33.9 Å². The van der Waals surface area contributed by atoms with Gasteiger partial charge >= 0.3 is 0 Å². The number of nitrogens with one attached hydrogen (secondary N) is 1. The highest BCUT2D eigenvalue weighted by Crippen LogP contribution is 2.31. The number of hydrogen-bond acceptors (Lipinski definition) is 4. The van der Waals surface area contributed by atoms with E-state index in [2.05, 4.69) is 51.7 Å². The Balaban J connectivity index is 2.01. The van der Waals surface area contributed by atoms with Crippen molar-refractivity contribution in [2.75, 3.05) is 33.8 Å². The van der Waals surface area contributed by atoms with E-state index in [4.69, 9.17) is 4.74 Å². The van der Waals surface area contributed by atoms with E-state index in [-0.39, 0.29) is 0 Å². The minimum atomic E-state index is 0.331. The lowest BCUT2D eigenvalue weighted by Gasteiger charge is -2.30. The topological polar surface area (TPSA) is 24.5 Å². The smallest absolute Gasteiger partial charge is 0.0718 e. The first-order valence-electron chi connectivity index (χ1n) is 5.89. The Bertz CT molecular complexity index is 350. The van der Waals surface area contributed by atoms with Crippen LogP contribution in [0.3, 0.4) is 0 Å². The predicted octanol–water partition coefficient (Wildman–Crippen LogP) is 2.49. The van der Waals surface area contributed by atoms with Crippen LogP contribution >= 0.6 is 27.3 Å². The first-order chi connectivity index (χ1) is 8.16. The molecule has 3 nitrogen and oxygen atoms in total. The van der Waals surface area contributed by atoms with Gasteiger partial charge < -0.3 is 15.0 Å². The van der Waals surface area contributed by atoms with Crippen molar-refractivity contribution in [3.8, 4) is 0 Å². The van der Waals surface area contributed by atoms with Crippen LogP contribution < -0.4 is 5.32 Å². The largest absolute Gasteiger partial charge is 0.376 e. The molecule has 1 aliphatic rings. The molecular formula is C12H19BrN2OS. The Morgan fingerprint density at radius 3 is 3.00 bits per heavy atom. The molecule has 0 saturated carbocycles. The second-order valence-electron chi connectivity index (χ2n) is 4.58. The van der Waals surface area contributed by atoms with Crippen LogP contribution in [0.1, 0.15) is 17.3 Å². The molecular weight excluding hydrogens is 300 g/mol. The SMILES string of the molecule is CN(C)C(CC1CNCCO1)c1cc(Br)cs1. The van der Waals surface area contributed by atoms with Gasteiger partial charge in [-0.15, -0.1) is 11.3 Å². The van der Waals surface area contributed by atoms with Crippen molar-refractivity contribution in [3.05, 3.63) is 20.8 Å². The number of morpholine rings is 1. The first kappa shape index (κ1) is 13.5. The molecule has 1 fully saturated rings. The van der Waals surface area contributed by atoms with E-state index < -0.39 is 0 Å². The summed E-state index contributed by atoms with van der Waals surface area (Å²) in [5.74, 6) is 0. The fourth-order valence-electron chi connectivity index (χ4n) is 2.10. The molecule has 2 atom stereocenters. The lowest BCUT2D eigenvalue weighted by atomic mass is 10.1. The molecule has 96 valence electrons. The van der Waals surface area contributed by atoms with Crippen molar-refractivity contribution in [3.63, 3.8) is 0 Å². The standard InChI is InChI=1S/C12H19BrN2OS/c1-15(2)11(12-5-9(13)8-17-12)6-10-7-14-3-4-16-10/h5,8,10-11,14H,3-4,6-7H2,1-2H3. The molecule has 0 aliphatic carbocycles. The van der Waals surface area contributed by atoms with Crippen molar-refractivity contribution in [1.29, 1.82) is 0 Å². The summed E-state index contributed by atoms with van der Waals surface area (Å²) in [5, 5.41) is 5.53. The normalized spacial score (nSPS) is 22.9. The highest BCUT2D eigenvalue weighted by Gasteiger charge is 2.23. The van der Waals surface area contributed by atoms with E-state index >= 15 is 0 Å². The molecule has 1 aromatic rings. The van der Waals surface area contributed by atoms with Crippen molar-refractivity contribution in [2.45, 2.75) is 18.6 Å². The molecule has 1 N–H and O–H groups in total. The average Bonchev–Trinajstić information content (AvgIpc) is 2.73. The Hall–Kier alpha value is 0.0600. The summed E-state index contributed by atoms with van der Waals surface area (Å²) in [7, 11) is 4.27. The Labute approximate surface area is 115 Å². The third-order valence-corrected chi connectivity index (χ3v) is 4.82. The minimum Gasteiger partial charge on any atom is -0.376 e. The molecule has 0 aromatic carbocycles. The van der Waals surface area contributed by atoms with Crippen molar-refractivity contribution < 1.29 is 4.74 Å². The number of nitrogens with zero attached hydrogens (tertiary/aromatic N) is 1. The number of rotatable bonds is 4. The van der Waals surface area contributed by atoms with E-state index in [0.717, 1.165) is 26.1 Å². The van der Waals surface area contributed by atoms with E-state index in [1.165, 1.54) is 9.35 Å². The van der Waals surface area contributed by atoms with E-state index in [1.807, 2.05) is 11.3 Å². The van der Waals surface area contributed by atoms with E-state index in [1.54, 1.807) is 0 Å². The van der Waals surface area contributed by atoms with Crippen LogP contribution in [-0.4, -0.2) is 44.8 Å². The van der Waals surface area contributed by atoms with Crippen LogP contribution in [0.25, 0.3) is 0 Å². The zero-order valence-electron chi connectivity index (χ0n) is 10.3. The summed E-state index contributed by atoms with van der Waals surface area (Å²) in [5.41, 5.74) is 0. The summed E-state index contributed by atoms with van der Waals surface area (Å²) < 4.78 is 6.96. The molecule has 2 unspecified atom stereocenters. The molecule has 2 rings (SSSR count). The number of halogens is 1. The minimum absolute atomic E-state index is 0.331. The highest BCUT2D eigenvalue weighted by atomic mass is 79.9. The molecule has 2 heterocycles. The third kappa shape index (κ3) is 3.76. The van der Waals surface area contributed by atoms with Crippen LogP contribution in [0, 0.1) is 0 Å². The van der Waals surface area contributed by atoms with Gasteiger partial charge in [-0.3, -0.25) is 0 Å². The molecule has 1 aliphatic heterocycles. The highest BCUT2D eigenvalue weighted by molar-refractivity contribution is 9.10. The van der Waals surface area contributed by atoms with Crippen molar-refractivity contribution in [1.82, 2.24) is 10.2 Å². The van der Waals surface area contributed by atoms with Crippen LogP contribution in [0.15, 0.2) is 15.9 Å². The predicted molar refractivity (Wildman–Crippen MR) is 75.7 cm³/mol. The van der Waals surface area contributed by atoms with E-state index in [0.29, 0.717) is 12.1 Å². The number of hydrogen-bond donors (Lipinski definition) is 1. The number of ether oxygens (including phenoxy) is 1. The van der Waals surface area contributed by atoms with Gasteiger partial charge in [0.2, 0.25) is 0 Å². The van der Waals surface area contributed by atoms with Crippen molar-refractivity contribution in [2.24, 2.45) is 0 Å². The summed E-state index contributed by atoms with van der Waals surface area (Å²) in [6.45, 7) is 2.78. The maximum Gasteiger partial charge on any atom is 0.0718 e. The fraction of sp³-hybridized carbons (Fsp3) is 0.667. The third-order valence-electron chi connectivity index (χ3n) is 3.03. The maximum atomic E-state index is 5.79. The molecule has 0 amide bonds. The lowest BCUT2D eigenvalue weighted by Crippen LogP contribution is -2.40. The zero-order valence-corrected chi connectivity index (χ0v) is 12.7. The van der Waals surface area contributed by atoms with Crippen LogP contribution in [0.5, 0.6) is 0 Å². The average molecular weight is 319 g/mol. The molecule has 0 radical (unpaired) electrons. The van der Waals surface area contributed by atoms with Gasteiger partial charge in [0.15, 0.2) is 0 Å². The van der Waals surface area contributed by atoms with Gasteiger partial charge in [0.25, 0.3) is 0 Å². The van der Waals surface area contributed by atoms with Gasteiger partial charge in [-0.1, -0.05) is 0 Å². The fourth-order valence-corrected chi connectivity index (χ4v) is 3.76. The van der Waals surface area contributed by atoms with Crippen LogP contribution in [0.4, 0.5) is 0 Å². The molecule has 5 heteroatoms. The van der Waals surface area contributed by atoms with Gasteiger partial charge in [0.05, 0.1) is 12.7 Å². The Morgan fingerprint density at radius 2 is 2.47 bits per heavy atom. The summed E-state index contributed by atoms with van der Waals surface area (Å²) >= 11 is 5.33. The summed E-state index contributed by atoms with van der Waals surface area (Å²) in [4.78, 5) is 3.67. The van der Waals surface area contributed by atoms with Crippen LogP contribution in [0.2, 0.25) is 0 Å². The second-order valence-corrected chi connectivity index (χ2v) is 6.44. The molecule has 1 saturated heterocycles. The van der Waals surface area contributed by atoms with Gasteiger partial charge in [-0.05, 0) is 42.5 Å². The van der Waals surface area contributed by atoms with Crippen molar-refractivity contribution >= 4 is 27.3 Å². The van der Waals surface area contributed by atoms with Gasteiger partial charge in [0.1, 0.15) is 0 Å². The monoisotopic (exact) mass is 318 g/mol. The molecule has 0 bridgehead atoms. The maximum absolute atomic E-state index is 5.79. The van der Waals surface area contributed by atoms with Crippen LogP contribution in [-0.2, 0) is 4.74 Å². The number of thiophene rings is 1. The van der Waals surface area contributed by atoms with Gasteiger partial charge in [-0.2, -0.15) is 0 Å². The quantitative estimate of drug-likeness (QED) is 0.923. The second kappa shape index (κ2) is 6.29. The van der Waals surface area contributed by atoms with E-state index in [9.17, 15) is 0 Å². The molecule has 1 aromatic heterocycles. The summed E-state index contributed by atoms with van der Waals surface area (Å²) in [6, 6.07) is 2.65. The van der Waals surface area contributed by atoms with Gasteiger partial charge in [-0.25, -0.2) is 0 Å². The Kier molecular flexibility index (Phi) is 4.99. The summed E-state index contributed by atoms with van der Waals surface area (Å²) in [6.07, 6.45) is 1.38. The molecule has 17 heavy (non-hydrogen) atoms. The zero-order chi connectivity index (χ0) is 12.3.